The van der Waals surface area contributed by atoms with E-state index >= 15 is 0 Å². The van der Waals surface area contributed by atoms with Crippen LogP contribution >= 0.6 is 0 Å². The Morgan fingerprint density at radius 1 is 1.56 bits per heavy atom. The van der Waals surface area contributed by atoms with Crippen LogP contribution in [0.3, 0.4) is 0 Å². The zero-order valence-electron chi connectivity index (χ0n) is 10.3. The Kier molecular flexibility index (Phi) is 4.85. The minimum absolute atomic E-state index is 0.0730. The molecule has 7 nitrogen and oxygen atoms in total. The van der Waals surface area contributed by atoms with Crippen molar-refractivity contribution in [3.63, 3.8) is 0 Å². The van der Waals surface area contributed by atoms with Gasteiger partial charge in [0.05, 0.1) is 12.1 Å². The lowest BCUT2D eigenvalue weighted by atomic mass is 9.98. The molecule has 0 aliphatic heterocycles. The van der Waals surface area contributed by atoms with Gasteiger partial charge in [0.25, 0.3) is 10.0 Å². The first-order valence-corrected chi connectivity index (χ1v) is 7.03. The molecule has 1 rings (SSSR count). The van der Waals surface area contributed by atoms with E-state index in [-0.39, 0.29) is 17.5 Å². The number of carboxylic acid groups (broad SMARTS) is 1. The van der Waals surface area contributed by atoms with E-state index in [9.17, 15) is 13.2 Å². The van der Waals surface area contributed by atoms with Gasteiger partial charge in [-0.15, -0.1) is 0 Å². The summed E-state index contributed by atoms with van der Waals surface area (Å²) < 4.78 is 25.7. The summed E-state index contributed by atoms with van der Waals surface area (Å²) in [5.74, 6) is -1.55. The van der Waals surface area contributed by atoms with E-state index in [2.05, 4.69) is 14.9 Å². The van der Waals surface area contributed by atoms with Gasteiger partial charge < -0.3 is 5.11 Å². The molecule has 0 aliphatic carbocycles. The summed E-state index contributed by atoms with van der Waals surface area (Å²) in [5.41, 5.74) is 0. The Morgan fingerprint density at radius 2 is 2.22 bits per heavy atom. The second-order valence-electron chi connectivity index (χ2n) is 4.44. The van der Waals surface area contributed by atoms with Crippen LogP contribution < -0.4 is 4.72 Å². The minimum Gasteiger partial charge on any atom is -0.481 e. The van der Waals surface area contributed by atoms with Gasteiger partial charge in [0.1, 0.15) is 0 Å². The van der Waals surface area contributed by atoms with Crippen molar-refractivity contribution in [2.24, 2.45) is 11.8 Å². The molecule has 3 N–H and O–H groups in total. The van der Waals surface area contributed by atoms with Crippen molar-refractivity contribution >= 4 is 16.0 Å². The van der Waals surface area contributed by atoms with E-state index in [1.165, 1.54) is 12.3 Å². The van der Waals surface area contributed by atoms with Crippen molar-refractivity contribution in [3.8, 4) is 0 Å². The van der Waals surface area contributed by atoms with Crippen molar-refractivity contribution in [1.29, 1.82) is 0 Å². The summed E-state index contributed by atoms with van der Waals surface area (Å²) >= 11 is 0. The highest BCUT2D eigenvalue weighted by Gasteiger charge is 2.23. The normalized spacial score (nSPS) is 13.7. The van der Waals surface area contributed by atoms with Crippen LogP contribution in [0.5, 0.6) is 0 Å². The van der Waals surface area contributed by atoms with E-state index < -0.39 is 21.9 Å². The van der Waals surface area contributed by atoms with Gasteiger partial charge in [-0.05, 0) is 18.4 Å². The van der Waals surface area contributed by atoms with E-state index in [0.29, 0.717) is 6.42 Å². The molecule has 1 atom stereocenters. The van der Waals surface area contributed by atoms with Gasteiger partial charge in [0, 0.05) is 6.54 Å². The maximum atomic E-state index is 11.7. The van der Waals surface area contributed by atoms with Gasteiger partial charge in [-0.1, -0.05) is 13.8 Å². The first-order chi connectivity index (χ1) is 8.33. The molecule has 1 unspecified atom stereocenters. The molecule has 1 aromatic rings. The maximum Gasteiger partial charge on any atom is 0.307 e. The minimum atomic E-state index is -3.71. The van der Waals surface area contributed by atoms with Crippen molar-refractivity contribution in [2.45, 2.75) is 25.3 Å². The summed E-state index contributed by atoms with van der Waals surface area (Å²) in [7, 11) is -3.71. The average Bonchev–Trinajstić information content (AvgIpc) is 2.77. The summed E-state index contributed by atoms with van der Waals surface area (Å²) in [6.45, 7) is 3.65. The largest absolute Gasteiger partial charge is 0.481 e. The summed E-state index contributed by atoms with van der Waals surface area (Å²) in [6, 6.07) is 1.31. The lowest BCUT2D eigenvalue weighted by Crippen LogP contribution is -2.33. The second-order valence-corrected chi connectivity index (χ2v) is 6.17. The van der Waals surface area contributed by atoms with Crippen LogP contribution in [0.2, 0.25) is 0 Å². The predicted octanol–water partition coefficient (Wildman–Crippen LogP) is 0.435. The van der Waals surface area contributed by atoms with E-state index in [4.69, 9.17) is 5.11 Å². The number of carbonyl (C=O) groups is 1. The number of aromatic nitrogens is 2. The summed E-state index contributed by atoms with van der Waals surface area (Å²) in [4.78, 5) is 11.0. The zero-order valence-corrected chi connectivity index (χ0v) is 11.1. The number of carboxylic acids is 1. The smallest absolute Gasteiger partial charge is 0.307 e. The number of hydrogen-bond donors (Lipinski definition) is 3. The fourth-order valence-electron chi connectivity index (χ4n) is 1.52. The number of sulfonamides is 1. The lowest BCUT2D eigenvalue weighted by molar-refractivity contribution is -0.142. The molecule has 0 saturated carbocycles. The van der Waals surface area contributed by atoms with Gasteiger partial charge >= 0.3 is 5.97 Å². The van der Waals surface area contributed by atoms with E-state index in [1.54, 1.807) is 0 Å². The van der Waals surface area contributed by atoms with Crippen molar-refractivity contribution in [1.82, 2.24) is 14.9 Å². The van der Waals surface area contributed by atoms with E-state index in [1.807, 2.05) is 13.8 Å². The standard InChI is InChI=1S/C10H17N3O4S/c1-7(2)5-8(10(14)15)6-12-18(16,17)9-3-4-11-13-9/h3-4,7-8,12H,5-6H2,1-2H3,(H,11,13)(H,14,15). The number of rotatable bonds is 7. The van der Waals surface area contributed by atoms with Crippen LogP contribution in [0.25, 0.3) is 0 Å². The van der Waals surface area contributed by atoms with E-state index in [0.717, 1.165) is 0 Å². The highest BCUT2D eigenvalue weighted by Crippen LogP contribution is 2.12. The molecule has 0 saturated heterocycles. The highest BCUT2D eigenvalue weighted by atomic mass is 32.2. The van der Waals surface area contributed by atoms with Crippen LogP contribution in [0.4, 0.5) is 0 Å². The fourth-order valence-corrected chi connectivity index (χ4v) is 2.51. The lowest BCUT2D eigenvalue weighted by Gasteiger charge is -2.14. The molecule has 0 spiro atoms. The SMILES string of the molecule is CC(C)CC(CNS(=O)(=O)c1ccn[nH]1)C(=O)O. The molecule has 0 radical (unpaired) electrons. The number of aromatic amines is 1. The monoisotopic (exact) mass is 275 g/mol. The molecule has 0 bridgehead atoms. The van der Waals surface area contributed by atoms with Crippen LogP contribution in [-0.4, -0.2) is 36.2 Å². The number of nitrogens with one attached hydrogen (secondary N) is 2. The molecule has 0 fully saturated rings. The maximum absolute atomic E-state index is 11.7. The first-order valence-electron chi connectivity index (χ1n) is 5.54. The summed E-state index contributed by atoms with van der Waals surface area (Å²) in [6.07, 6.45) is 1.73. The quantitative estimate of drug-likeness (QED) is 0.668. The van der Waals surface area contributed by atoms with Gasteiger partial charge in [-0.2, -0.15) is 5.10 Å². The molecule has 8 heteroatoms. The Balaban J connectivity index is 2.65. The summed E-state index contributed by atoms with van der Waals surface area (Å²) in [5, 5.41) is 14.8. The predicted molar refractivity (Wildman–Crippen MR) is 64.4 cm³/mol. The average molecular weight is 275 g/mol. The first kappa shape index (κ1) is 14.7. The Hall–Kier alpha value is -1.41. The third-order valence-electron chi connectivity index (χ3n) is 2.39. The van der Waals surface area contributed by atoms with Crippen LogP contribution in [-0.2, 0) is 14.8 Å². The molecule has 18 heavy (non-hydrogen) atoms. The van der Waals surface area contributed by atoms with Gasteiger partial charge in [0.15, 0.2) is 5.03 Å². The molecule has 102 valence electrons. The fraction of sp³-hybridized carbons (Fsp3) is 0.600. The Bertz CT molecular complexity index is 481. The van der Waals surface area contributed by atoms with Gasteiger partial charge in [-0.25, -0.2) is 13.1 Å². The van der Waals surface area contributed by atoms with Crippen molar-refractivity contribution in [2.75, 3.05) is 6.54 Å². The van der Waals surface area contributed by atoms with Gasteiger partial charge in [0.2, 0.25) is 0 Å². The second kappa shape index (κ2) is 5.96. The number of nitrogens with zero attached hydrogens (tertiary/aromatic N) is 1. The van der Waals surface area contributed by atoms with Gasteiger partial charge in [-0.3, -0.25) is 9.89 Å². The molecule has 1 heterocycles. The van der Waals surface area contributed by atoms with Crippen LogP contribution in [0.15, 0.2) is 17.3 Å². The third kappa shape index (κ3) is 4.11. The zero-order chi connectivity index (χ0) is 13.8. The van der Waals surface area contributed by atoms with Crippen LogP contribution in [0, 0.1) is 11.8 Å². The van der Waals surface area contributed by atoms with Crippen LogP contribution in [0.1, 0.15) is 20.3 Å². The molecule has 0 aromatic carbocycles. The molecule has 0 amide bonds. The Labute approximate surface area is 106 Å². The molecular weight excluding hydrogens is 258 g/mol. The number of aliphatic carboxylic acids is 1. The number of hydrogen-bond acceptors (Lipinski definition) is 4. The van der Waals surface area contributed by atoms with Crippen molar-refractivity contribution < 1.29 is 18.3 Å². The molecule has 1 aromatic heterocycles. The molecular formula is C10H17N3O4S. The Morgan fingerprint density at radius 3 is 2.67 bits per heavy atom. The number of H-pyrrole nitrogens is 1. The molecule has 0 aliphatic rings. The van der Waals surface area contributed by atoms with Crippen molar-refractivity contribution in [3.05, 3.63) is 12.3 Å². The topological polar surface area (TPSA) is 112 Å². The third-order valence-corrected chi connectivity index (χ3v) is 3.74. The highest BCUT2D eigenvalue weighted by molar-refractivity contribution is 7.89.